The number of ketones is 6. The van der Waals surface area contributed by atoms with Crippen LogP contribution in [-0.2, 0) is 73.4 Å². The van der Waals surface area contributed by atoms with Crippen molar-refractivity contribution < 1.29 is 85.8 Å². The van der Waals surface area contributed by atoms with Crippen molar-refractivity contribution in [2.45, 2.75) is 196 Å². The lowest BCUT2D eigenvalue weighted by atomic mass is 9.86. The molecular formula is C76H96O18. The fourth-order valence-corrected chi connectivity index (χ4v) is 11.0. The Balaban J connectivity index is 2.01. The van der Waals surface area contributed by atoms with Gasteiger partial charge in [-0.05, 0) is 119 Å². The van der Waals surface area contributed by atoms with Gasteiger partial charge in [-0.3, -0.25) is 38.4 Å². The molecule has 0 spiro atoms. The van der Waals surface area contributed by atoms with Crippen LogP contribution in [0.3, 0.4) is 0 Å². The lowest BCUT2D eigenvalue weighted by Gasteiger charge is -2.25. The second-order valence-electron chi connectivity index (χ2n) is 23.4. The Bertz CT molecular complexity index is 3100. The molecule has 508 valence electrons. The maximum Gasteiger partial charge on any atom is 0.330 e. The maximum atomic E-state index is 14.8. The summed E-state index contributed by atoms with van der Waals surface area (Å²) in [5.74, 6) is -3.01. The van der Waals surface area contributed by atoms with Crippen molar-refractivity contribution in [3.8, 4) is 23.0 Å². The average molecular weight is 1300 g/mol. The van der Waals surface area contributed by atoms with Gasteiger partial charge in [-0.1, -0.05) is 106 Å². The molecule has 0 fully saturated rings. The molecule has 18 nitrogen and oxygen atoms in total. The summed E-state index contributed by atoms with van der Waals surface area (Å²) in [6.45, 7) is 16.8. The second-order valence-corrected chi connectivity index (χ2v) is 23.4. The standard InChI is InChI=1S/C76H96O18/c1-9-17-21-25-65(79)51-37-55-45-56-38-52(66(80)26-22-18-10-2)40-58(74(56)92-34-30-88-70(84)16-8)47-60-42-54(68(82)28-24-20-12-4)44-62(76(60)94-36-32-90-72(86)50-64(78)14-6)48-61-43-53(67(81)27-23-19-11-3)41-59(75(61)93-35-31-89-71(85)49-63(77)13-5)46-57(39-51)73(55)91-33-29-87-69(83)15-7/h15-16,37-44H,7-14,17-36,45-50H2,1-6H3. The van der Waals surface area contributed by atoms with Crippen LogP contribution >= 0.6 is 0 Å². The number of esters is 4. The number of carbonyl (C=O) groups excluding carboxylic acids is 10. The summed E-state index contributed by atoms with van der Waals surface area (Å²) in [4.78, 5) is 134. The molecule has 1 aliphatic rings. The Kier molecular flexibility index (Phi) is 33.4. The second kappa shape index (κ2) is 41.2. The van der Waals surface area contributed by atoms with Crippen LogP contribution in [0.4, 0.5) is 0 Å². The predicted octanol–water partition coefficient (Wildman–Crippen LogP) is 14.2. The summed E-state index contributed by atoms with van der Waals surface area (Å²) in [6.07, 6.45) is 11.1. The number of unbranched alkanes of at least 4 members (excludes halogenated alkanes) is 8. The van der Waals surface area contributed by atoms with Gasteiger partial charge in [0.25, 0.3) is 0 Å². The van der Waals surface area contributed by atoms with Crippen LogP contribution in [0.2, 0.25) is 0 Å². The minimum atomic E-state index is -0.737. The van der Waals surface area contributed by atoms with Crippen LogP contribution in [-0.4, -0.2) is 111 Å². The smallest absolute Gasteiger partial charge is 0.330 e. The summed E-state index contributed by atoms with van der Waals surface area (Å²) in [6, 6.07) is 14.0. The van der Waals surface area contributed by atoms with E-state index in [1.807, 2.05) is 27.7 Å². The maximum absolute atomic E-state index is 14.8. The van der Waals surface area contributed by atoms with E-state index in [2.05, 4.69) is 13.2 Å². The van der Waals surface area contributed by atoms with Gasteiger partial charge in [-0.25, -0.2) is 9.59 Å². The average Bonchev–Trinajstić information content (AvgIpc) is 0.775. The topological polar surface area (TPSA) is 245 Å². The Morgan fingerprint density at radius 3 is 0.755 bits per heavy atom. The van der Waals surface area contributed by atoms with Crippen LogP contribution in [0.15, 0.2) is 73.8 Å². The van der Waals surface area contributed by atoms with Crippen molar-refractivity contribution in [1.29, 1.82) is 0 Å². The molecule has 4 aromatic carbocycles. The Labute approximate surface area is 554 Å². The number of ether oxygens (including phenoxy) is 8. The molecule has 0 N–H and O–H groups in total. The molecule has 0 atom stereocenters. The lowest BCUT2D eigenvalue weighted by molar-refractivity contribution is -0.148. The Morgan fingerprint density at radius 2 is 0.553 bits per heavy atom. The molecule has 0 amide bonds. The molecule has 0 radical (unpaired) electrons. The first-order valence-corrected chi connectivity index (χ1v) is 33.6. The van der Waals surface area contributed by atoms with E-state index in [9.17, 15) is 47.9 Å². The molecule has 0 aromatic heterocycles. The number of hydrogen-bond donors (Lipinski definition) is 0. The zero-order chi connectivity index (χ0) is 68.4. The van der Waals surface area contributed by atoms with Gasteiger partial charge in [-0.2, -0.15) is 0 Å². The molecule has 0 saturated carbocycles. The molecule has 0 heterocycles. The summed E-state index contributed by atoms with van der Waals surface area (Å²) in [7, 11) is 0. The zero-order valence-corrected chi connectivity index (χ0v) is 56.2. The van der Waals surface area contributed by atoms with Crippen molar-refractivity contribution in [3.63, 3.8) is 0 Å². The summed E-state index contributed by atoms with van der Waals surface area (Å²) < 4.78 is 49.1. The molecule has 4 aromatic rings. The van der Waals surface area contributed by atoms with Crippen molar-refractivity contribution in [3.05, 3.63) is 141 Å². The minimum Gasteiger partial charge on any atom is -0.489 e. The quantitative estimate of drug-likeness (QED) is 0.00878. The van der Waals surface area contributed by atoms with Crippen molar-refractivity contribution in [2.24, 2.45) is 0 Å². The normalized spacial score (nSPS) is 11.6. The van der Waals surface area contributed by atoms with Gasteiger partial charge in [0, 0.05) is 98.6 Å². The van der Waals surface area contributed by atoms with E-state index in [0.29, 0.717) is 92.4 Å². The van der Waals surface area contributed by atoms with Crippen LogP contribution in [0.1, 0.15) is 256 Å². The number of rotatable bonds is 44. The molecule has 18 heteroatoms. The van der Waals surface area contributed by atoms with Gasteiger partial charge in [0.1, 0.15) is 100 Å². The highest BCUT2D eigenvalue weighted by Crippen LogP contribution is 2.42. The minimum absolute atomic E-state index is 0.0529. The zero-order valence-electron chi connectivity index (χ0n) is 56.2. The van der Waals surface area contributed by atoms with Gasteiger partial charge in [0.15, 0.2) is 23.1 Å². The van der Waals surface area contributed by atoms with Crippen LogP contribution in [0, 0.1) is 0 Å². The Morgan fingerprint density at radius 1 is 0.330 bits per heavy atom. The summed E-state index contributed by atoms with van der Waals surface area (Å²) >= 11 is 0. The number of carbonyl (C=O) groups is 10. The molecule has 8 bridgehead atoms. The fourth-order valence-electron chi connectivity index (χ4n) is 11.0. The van der Waals surface area contributed by atoms with E-state index in [0.717, 1.165) is 63.5 Å². The van der Waals surface area contributed by atoms with Crippen molar-refractivity contribution in [1.82, 2.24) is 0 Å². The van der Waals surface area contributed by atoms with E-state index in [1.165, 1.54) is 0 Å². The number of benzene rings is 4. The third kappa shape index (κ3) is 24.7. The van der Waals surface area contributed by atoms with Crippen molar-refractivity contribution in [2.75, 3.05) is 52.9 Å². The fraction of sp³-hybridized carbons (Fsp3) is 0.500. The molecule has 0 saturated heterocycles. The van der Waals surface area contributed by atoms with E-state index in [4.69, 9.17) is 37.9 Å². The van der Waals surface area contributed by atoms with Gasteiger partial charge < -0.3 is 37.9 Å². The van der Waals surface area contributed by atoms with Crippen LogP contribution in [0.25, 0.3) is 0 Å². The van der Waals surface area contributed by atoms with E-state index < -0.39 is 36.7 Å². The third-order valence-corrected chi connectivity index (χ3v) is 16.0. The highest BCUT2D eigenvalue weighted by atomic mass is 16.6. The van der Waals surface area contributed by atoms with Gasteiger partial charge in [0.2, 0.25) is 0 Å². The van der Waals surface area contributed by atoms with Gasteiger partial charge in [0.05, 0.1) is 0 Å². The highest BCUT2D eigenvalue weighted by molar-refractivity contribution is 6.00. The monoisotopic (exact) mass is 1300 g/mol. The first kappa shape index (κ1) is 76.2. The summed E-state index contributed by atoms with van der Waals surface area (Å²) in [5, 5.41) is 0. The summed E-state index contributed by atoms with van der Waals surface area (Å²) in [5.41, 5.74) is 4.98. The largest absolute Gasteiger partial charge is 0.489 e. The lowest BCUT2D eigenvalue weighted by Crippen LogP contribution is -2.18. The van der Waals surface area contributed by atoms with Crippen molar-refractivity contribution >= 4 is 58.6 Å². The molecule has 5 rings (SSSR count). The van der Waals surface area contributed by atoms with Gasteiger partial charge in [-0.15, -0.1) is 0 Å². The number of hydrogen-bond acceptors (Lipinski definition) is 18. The van der Waals surface area contributed by atoms with Crippen LogP contribution < -0.4 is 18.9 Å². The number of Topliss-reactive ketones (excluding diaryl/α,β-unsaturated/α-hetero) is 6. The number of fused-ring (bicyclic) bond motifs is 8. The molecule has 1 aliphatic carbocycles. The van der Waals surface area contributed by atoms with E-state index in [-0.39, 0.29) is 175 Å². The van der Waals surface area contributed by atoms with Crippen LogP contribution in [0.5, 0.6) is 23.0 Å². The third-order valence-electron chi connectivity index (χ3n) is 16.0. The molecule has 94 heavy (non-hydrogen) atoms. The van der Waals surface area contributed by atoms with E-state index in [1.54, 1.807) is 62.4 Å². The molecule has 0 aliphatic heterocycles. The highest BCUT2D eigenvalue weighted by Gasteiger charge is 2.28. The SMILES string of the molecule is C=CC(=O)OCCOc1c2cc(C(=O)CCCCC)cc1Cc1cc(C(=O)CCCCC)cc(c1OCCOC(=O)CC(=O)CC)Cc1cc(C(=O)CCCCC)cc(c1OCCOC(=O)CC(=O)CC)Cc1cc(C(=O)CCCCC)cc(c1OCCOC(=O)C=C)C2. The predicted molar refractivity (Wildman–Crippen MR) is 357 cm³/mol. The Hall–Kier alpha value is -8.54. The first-order valence-electron chi connectivity index (χ1n) is 33.6. The molecule has 0 unspecified atom stereocenters. The first-order chi connectivity index (χ1) is 45.4. The van der Waals surface area contributed by atoms with Gasteiger partial charge >= 0.3 is 23.9 Å². The van der Waals surface area contributed by atoms with E-state index >= 15 is 0 Å². The molecular weight excluding hydrogens is 1200 g/mol.